The fraction of sp³-hybridized carbons (Fsp3) is 0.769. The average molecular weight is 301 g/mol. The van der Waals surface area contributed by atoms with Gasteiger partial charge < -0.3 is 9.42 Å². The Bertz CT molecular complexity index is 534. The predicted molar refractivity (Wildman–Crippen MR) is 76.1 cm³/mol. The molecule has 0 radical (unpaired) electrons. The number of sulfonamides is 1. The molecule has 7 heteroatoms. The highest BCUT2D eigenvalue weighted by atomic mass is 32.2. The molecule has 6 nitrogen and oxygen atoms in total. The van der Waals surface area contributed by atoms with Crippen molar-refractivity contribution in [3.05, 3.63) is 11.5 Å². The first kappa shape index (κ1) is 15.5. The highest BCUT2D eigenvalue weighted by molar-refractivity contribution is 7.89. The number of hydrogen-bond acceptors (Lipinski definition) is 5. The van der Waals surface area contributed by atoms with Gasteiger partial charge in [0.2, 0.25) is 10.0 Å². The number of aryl methyl sites for hydroxylation is 2. The zero-order valence-corrected chi connectivity index (χ0v) is 13.2. The Morgan fingerprint density at radius 1 is 1.20 bits per heavy atom. The van der Waals surface area contributed by atoms with E-state index in [1.54, 1.807) is 18.2 Å². The van der Waals surface area contributed by atoms with Gasteiger partial charge in [0.15, 0.2) is 5.76 Å². The Labute approximate surface area is 120 Å². The molecule has 0 aromatic carbocycles. The van der Waals surface area contributed by atoms with Gasteiger partial charge in [0.25, 0.3) is 0 Å². The maximum atomic E-state index is 12.7. The van der Waals surface area contributed by atoms with Crippen LogP contribution in [0.3, 0.4) is 0 Å². The zero-order valence-electron chi connectivity index (χ0n) is 12.4. The Morgan fingerprint density at radius 2 is 1.95 bits per heavy atom. The molecule has 0 saturated carbocycles. The second-order valence-corrected chi connectivity index (χ2v) is 7.13. The van der Waals surface area contributed by atoms with Crippen molar-refractivity contribution in [3.8, 4) is 0 Å². The Hall–Kier alpha value is -0.920. The summed E-state index contributed by atoms with van der Waals surface area (Å²) in [7, 11) is -3.49. The van der Waals surface area contributed by atoms with Crippen LogP contribution in [0.15, 0.2) is 9.42 Å². The molecule has 0 unspecified atom stereocenters. The molecule has 1 aromatic rings. The van der Waals surface area contributed by atoms with E-state index in [1.807, 2.05) is 0 Å². The number of aromatic nitrogens is 1. The van der Waals surface area contributed by atoms with Crippen LogP contribution in [0.5, 0.6) is 0 Å². The highest BCUT2D eigenvalue weighted by Gasteiger charge is 2.31. The van der Waals surface area contributed by atoms with E-state index in [2.05, 4.69) is 17.0 Å². The van der Waals surface area contributed by atoms with Crippen molar-refractivity contribution in [2.75, 3.05) is 32.7 Å². The van der Waals surface area contributed by atoms with Gasteiger partial charge in [-0.05, 0) is 39.8 Å². The minimum atomic E-state index is -3.49. The smallest absolute Gasteiger partial charge is 0.248 e. The van der Waals surface area contributed by atoms with E-state index >= 15 is 0 Å². The molecule has 1 aliphatic heterocycles. The maximum Gasteiger partial charge on any atom is 0.248 e. The third-order valence-corrected chi connectivity index (χ3v) is 5.80. The summed E-state index contributed by atoms with van der Waals surface area (Å²) in [6.07, 6.45) is 1.96. The standard InChI is InChI=1S/C13H23N3O3S/c1-4-6-15-7-5-8-16(10-9-15)20(17,18)13-11(2)14-19-12(13)3/h4-10H2,1-3H3. The van der Waals surface area contributed by atoms with E-state index in [9.17, 15) is 8.42 Å². The first-order valence-corrected chi connectivity index (χ1v) is 8.56. The molecule has 2 rings (SSSR count). The molecule has 0 spiro atoms. The van der Waals surface area contributed by atoms with Crippen molar-refractivity contribution in [2.24, 2.45) is 0 Å². The number of rotatable bonds is 4. The van der Waals surface area contributed by atoms with Crippen LogP contribution in [0.25, 0.3) is 0 Å². The second kappa shape index (κ2) is 6.24. The highest BCUT2D eigenvalue weighted by Crippen LogP contribution is 2.24. The van der Waals surface area contributed by atoms with Gasteiger partial charge in [-0.15, -0.1) is 0 Å². The summed E-state index contributed by atoms with van der Waals surface area (Å²) in [6.45, 7) is 9.33. The largest absolute Gasteiger partial charge is 0.360 e. The molecule has 1 aromatic heterocycles. The van der Waals surface area contributed by atoms with E-state index in [0.29, 0.717) is 24.5 Å². The third-order valence-electron chi connectivity index (χ3n) is 3.65. The van der Waals surface area contributed by atoms with Crippen LogP contribution < -0.4 is 0 Å². The van der Waals surface area contributed by atoms with Crippen molar-refractivity contribution in [3.63, 3.8) is 0 Å². The summed E-state index contributed by atoms with van der Waals surface area (Å²) < 4.78 is 32.0. The SMILES string of the molecule is CCCN1CCCN(S(=O)(=O)c2c(C)noc2C)CC1. The summed E-state index contributed by atoms with van der Waals surface area (Å²) in [5.41, 5.74) is 0.442. The molecule has 1 aliphatic rings. The van der Waals surface area contributed by atoms with E-state index in [4.69, 9.17) is 4.52 Å². The molecule has 1 fully saturated rings. The molecular weight excluding hydrogens is 278 g/mol. The monoisotopic (exact) mass is 301 g/mol. The molecule has 20 heavy (non-hydrogen) atoms. The van der Waals surface area contributed by atoms with E-state index in [1.165, 1.54) is 0 Å². The van der Waals surface area contributed by atoms with Crippen LogP contribution in [0, 0.1) is 13.8 Å². The zero-order chi connectivity index (χ0) is 14.8. The first-order chi connectivity index (χ1) is 9.46. The van der Waals surface area contributed by atoms with Gasteiger partial charge in [-0.3, -0.25) is 0 Å². The lowest BCUT2D eigenvalue weighted by Gasteiger charge is -2.21. The molecule has 1 saturated heterocycles. The first-order valence-electron chi connectivity index (χ1n) is 7.12. The summed E-state index contributed by atoms with van der Waals surface area (Å²) in [4.78, 5) is 2.56. The minimum absolute atomic E-state index is 0.237. The fourth-order valence-electron chi connectivity index (χ4n) is 2.70. The van der Waals surface area contributed by atoms with Gasteiger partial charge in [0, 0.05) is 19.6 Å². The molecule has 114 valence electrons. The maximum absolute atomic E-state index is 12.7. The lowest BCUT2D eigenvalue weighted by atomic mass is 10.3. The molecule has 0 aliphatic carbocycles. The predicted octanol–water partition coefficient (Wildman–Crippen LogP) is 1.40. The van der Waals surface area contributed by atoms with E-state index < -0.39 is 10.0 Å². The summed E-state index contributed by atoms with van der Waals surface area (Å²) in [5.74, 6) is 0.372. The molecule has 0 atom stereocenters. The lowest BCUT2D eigenvalue weighted by molar-refractivity contribution is 0.287. The molecular formula is C13H23N3O3S. The van der Waals surface area contributed by atoms with Crippen LogP contribution >= 0.6 is 0 Å². The van der Waals surface area contributed by atoms with Crippen LogP contribution in [0.4, 0.5) is 0 Å². The fourth-order valence-corrected chi connectivity index (χ4v) is 4.46. The van der Waals surface area contributed by atoms with Gasteiger partial charge in [-0.1, -0.05) is 12.1 Å². The summed E-state index contributed by atoms with van der Waals surface area (Å²) in [5, 5.41) is 3.75. The third kappa shape index (κ3) is 3.05. The topological polar surface area (TPSA) is 66.7 Å². The van der Waals surface area contributed by atoms with Crippen molar-refractivity contribution >= 4 is 10.0 Å². The summed E-state index contributed by atoms with van der Waals surface area (Å²) >= 11 is 0. The van der Waals surface area contributed by atoms with Crippen LogP contribution in [-0.2, 0) is 10.0 Å². The van der Waals surface area contributed by atoms with Crippen molar-refractivity contribution in [1.82, 2.24) is 14.4 Å². The van der Waals surface area contributed by atoms with Crippen LogP contribution in [-0.4, -0.2) is 55.5 Å². The Morgan fingerprint density at radius 3 is 2.55 bits per heavy atom. The lowest BCUT2D eigenvalue weighted by Crippen LogP contribution is -2.35. The van der Waals surface area contributed by atoms with Crippen molar-refractivity contribution in [1.29, 1.82) is 0 Å². The van der Waals surface area contributed by atoms with Gasteiger partial charge in [0.1, 0.15) is 10.6 Å². The quantitative estimate of drug-likeness (QED) is 0.841. The van der Waals surface area contributed by atoms with Crippen LogP contribution in [0.1, 0.15) is 31.2 Å². The van der Waals surface area contributed by atoms with Gasteiger partial charge in [-0.25, -0.2) is 8.42 Å². The van der Waals surface area contributed by atoms with Gasteiger partial charge in [0.05, 0.1) is 0 Å². The minimum Gasteiger partial charge on any atom is -0.360 e. The molecule has 0 bridgehead atoms. The Kier molecular flexibility index (Phi) is 4.82. The van der Waals surface area contributed by atoms with Crippen molar-refractivity contribution in [2.45, 2.75) is 38.5 Å². The normalized spacial score (nSPS) is 19.1. The van der Waals surface area contributed by atoms with Crippen molar-refractivity contribution < 1.29 is 12.9 Å². The second-order valence-electron chi connectivity index (χ2n) is 5.25. The Balaban J connectivity index is 2.18. The molecule has 0 amide bonds. The number of hydrogen-bond donors (Lipinski definition) is 0. The van der Waals surface area contributed by atoms with Crippen LogP contribution in [0.2, 0.25) is 0 Å². The summed E-state index contributed by atoms with van der Waals surface area (Å²) in [6, 6.07) is 0. The number of nitrogens with zero attached hydrogens (tertiary/aromatic N) is 3. The molecule has 0 N–H and O–H groups in total. The van der Waals surface area contributed by atoms with Gasteiger partial charge in [-0.2, -0.15) is 4.31 Å². The van der Waals surface area contributed by atoms with E-state index in [-0.39, 0.29) is 4.90 Å². The average Bonchev–Trinajstić information content (AvgIpc) is 2.62. The van der Waals surface area contributed by atoms with E-state index in [0.717, 1.165) is 32.5 Å². The van der Waals surface area contributed by atoms with Gasteiger partial charge >= 0.3 is 0 Å². The molecule has 2 heterocycles.